The maximum atomic E-state index is 9.74. The number of aliphatic hydroxyl groups excluding tert-OH is 3. The number of ether oxygens (including phenoxy) is 2. The van der Waals surface area contributed by atoms with E-state index < -0.39 is 30.7 Å². The summed E-state index contributed by atoms with van der Waals surface area (Å²) in [5.41, 5.74) is 0. The summed E-state index contributed by atoms with van der Waals surface area (Å²) in [6, 6.07) is 0. The Balaban J connectivity index is 2.15. The summed E-state index contributed by atoms with van der Waals surface area (Å²) in [5.74, 6) is 0. The van der Waals surface area contributed by atoms with Gasteiger partial charge in [0.2, 0.25) is 0 Å². The predicted octanol–water partition coefficient (Wildman–Crippen LogP) is 1.19. The molecule has 3 N–H and O–H groups in total. The summed E-state index contributed by atoms with van der Waals surface area (Å²) in [6.07, 6.45) is 2.13. The zero-order valence-electron chi connectivity index (χ0n) is 12.0. The Kier molecular flexibility index (Phi) is 7.87. The van der Waals surface area contributed by atoms with Gasteiger partial charge >= 0.3 is 0 Å². The lowest BCUT2D eigenvalue weighted by atomic mass is 10.00. The highest BCUT2D eigenvalue weighted by atomic mass is 16.7. The topological polar surface area (TPSA) is 79.2 Å². The van der Waals surface area contributed by atoms with Gasteiger partial charge in [-0.3, -0.25) is 0 Å². The van der Waals surface area contributed by atoms with Crippen molar-refractivity contribution in [3.8, 4) is 0 Å². The van der Waals surface area contributed by atoms with Crippen LogP contribution >= 0.6 is 0 Å². The molecule has 19 heavy (non-hydrogen) atoms. The van der Waals surface area contributed by atoms with E-state index in [1.165, 1.54) is 25.7 Å². The zero-order valence-corrected chi connectivity index (χ0v) is 12.0. The SMILES string of the molecule is CCCCCCCCO[C@@H]1O[C@@H](C)[C@H](O)[C@@H](O)[C@H]1O. The van der Waals surface area contributed by atoms with Crippen LogP contribution in [0.4, 0.5) is 0 Å². The Hall–Kier alpha value is -0.200. The molecule has 0 spiro atoms. The Morgan fingerprint density at radius 1 is 0.895 bits per heavy atom. The van der Waals surface area contributed by atoms with Crippen molar-refractivity contribution in [1.29, 1.82) is 0 Å². The number of unbranched alkanes of at least 4 members (excludes halogenated alkanes) is 5. The molecule has 0 aliphatic carbocycles. The fourth-order valence-corrected chi connectivity index (χ4v) is 2.23. The molecule has 0 amide bonds. The highest BCUT2D eigenvalue weighted by Gasteiger charge is 2.42. The fourth-order valence-electron chi connectivity index (χ4n) is 2.23. The summed E-state index contributed by atoms with van der Waals surface area (Å²) in [4.78, 5) is 0. The number of hydrogen-bond donors (Lipinski definition) is 3. The van der Waals surface area contributed by atoms with Crippen LogP contribution < -0.4 is 0 Å². The van der Waals surface area contributed by atoms with E-state index in [9.17, 15) is 15.3 Å². The van der Waals surface area contributed by atoms with Crippen LogP contribution in [0.5, 0.6) is 0 Å². The van der Waals surface area contributed by atoms with E-state index in [2.05, 4.69) is 6.92 Å². The van der Waals surface area contributed by atoms with Crippen molar-refractivity contribution in [3.05, 3.63) is 0 Å². The standard InChI is InChI=1S/C14H28O5/c1-3-4-5-6-7-8-9-18-14-13(17)12(16)11(15)10(2)19-14/h10-17H,3-9H2,1-2H3/t10-,11-,12+,13+,14+/m0/s1. The van der Waals surface area contributed by atoms with Crippen LogP contribution in [0.25, 0.3) is 0 Å². The van der Waals surface area contributed by atoms with Gasteiger partial charge in [-0.25, -0.2) is 0 Å². The lowest BCUT2D eigenvalue weighted by Gasteiger charge is -2.38. The van der Waals surface area contributed by atoms with Gasteiger partial charge in [0.15, 0.2) is 6.29 Å². The first-order valence-electron chi connectivity index (χ1n) is 7.39. The Bertz CT molecular complexity index is 236. The van der Waals surface area contributed by atoms with Crippen LogP contribution in [-0.2, 0) is 9.47 Å². The van der Waals surface area contributed by atoms with Crippen LogP contribution in [0.3, 0.4) is 0 Å². The van der Waals surface area contributed by atoms with Gasteiger partial charge in [-0.2, -0.15) is 0 Å². The molecule has 0 unspecified atom stereocenters. The van der Waals surface area contributed by atoms with Crippen molar-refractivity contribution >= 4 is 0 Å². The van der Waals surface area contributed by atoms with Gasteiger partial charge < -0.3 is 24.8 Å². The van der Waals surface area contributed by atoms with Gasteiger partial charge in [-0.15, -0.1) is 0 Å². The monoisotopic (exact) mass is 276 g/mol. The van der Waals surface area contributed by atoms with Crippen molar-refractivity contribution in [3.63, 3.8) is 0 Å². The van der Waals surface area contributed by atoms with Gasteiger partial charge in [-0.05, 0) is 13.3 Å². The van der Waals surface area contributed by atoms with Gasteiger partial charge in [0, 0.05) is 6.61 Å². The highest BCUT2D eigenvalue weighted by Crippen LogP contribution is 2.22. The van der Waals surface area contributed by atoms with Gasteiger partial charge in [0.05, 0.1) is 6.10 Å². The second kappa shape index (κ2) is 8.87. The van der Waals surface area contributed by atoms with Crippen LogP contribution in [0, 0.1) is 0 Å². The first-order chi connectivity index (χ1) is 9.07. The molecule has 0 aromatic heterocycles. The minimum atomic E-state index is -1.21. The third-order valence-electron chi connectivity index (χ3n) is 3.59. The van der Waals surface area contributed by atoms with Crippen LogP contribution in [-0.4, -0.2) is 52.6 Å². The van der Waals surface area contributed by atoms with Gasteiger partial charge in [-0.1, -0.05) is 39.0 Å². The number of hydrogen-bond acceptors (Lipinski definition) is 5. The summed E-state index contributed by atoms with van der Waals surface area (Å²) < 4.78 is 10.8. The third-order valence-corrected chi connectivity index (χ3v) is 3.59. The lowest BCUT2D eigenvalue weighted by Crippen LogP contribution is -2.57. The smallest absolute Gasteiger partial charge is 0.186 e. The summed E-state index contributed by atoms with van der Waals surface area (Å²) in [6.45, 7) is 4.34. The van der Waals surface area contributed by atoms with Crippen molar-refractivity contribution in [2.24, 2.45) is 0 Å². The van der Waals surface area contributed by atoms with E-state index in [1.807, 2.05) is 0 Å². The molecule has 1 fully saturated rings. The molecular formula is C14H28O5. The normalized spacial score (nSPS) is 35.5. The molecule has 1 rings (SSSR count). The fraction of sp³-hybridized carbons (Fsp3) is 1.00. The highest BCUT2D eigenvalue weighted by molar-refractivity contribution is 4.87. The number of rotatable bonds is 8. The van der Waals surface area contributed by atoms with Crippen LogP contribution in [0.2, 0.25) is 0 Å². The zero-order chi connectivity index (χ0) is 14.3. The van der Waals surface area contributed by atoms with Crippen LogP contribution in [0.1, 0.15) is 52.4 Å². The number of aliphatic hydroxyl groups is 3. The summed E-state index contributed by atoms with van der Waals surface area (Å²) in [7, 11) is 0. The van der Waals surface area contributed by atoms with E-state index in [0.717, 1.165) is 12.8 Å². The third kappa shape index (κ3) is 5.36. The molecule has 1 heterocycles. The molecule has 114 valence electrons. The molecule has 1 aliphatic heterocycles. The lowest BCUT2D eigenvalue weighted by molar-refractivity contribution is -0.293. The van der Waals surface area contributed by atoms with E-state index in [1.54, 1.807) is 6.92 Å². The second-order valence-corrected chi connectivity index (χ2v) is 5.32. The van der Waals surface area contributed by atoms with E-state index >= 15 is 0 Å². The molecule has 0 aromatic rings. The summed E-state index contributed by atoms with van der Waals surface area (Å²) >= 11 is 0. The molecule has 0 saturated carbocycles. The molecule has 5 atom stereocenters. The minimum Gasteiger partial charge on any atom is -0.388 e. The molecule has 0 bridgehead atoms. The molecule has 0 aromatic carbocycles. The van der Waals surface area contributed by atoms with E-state index in [0.29, 0.717) is 6.61 Å². The first kappa shape index (κ1) is 16.9. The van der Waals surface area contributed by atoms with Crippen LogP contribution in [0.15, 0.2) is 0 Å². The van der Waals surface area contributed by atoms with Crippen molar-refractivity contribution in [2.75, 3.05) is 6.61 Å². The van der Waals surface area contributed by atoms with E-state index in [4.69, 9.17) is 9.47 Å². The average Bonchev–Trinajstić information content (AvgIpc) is 2.41. The van der Waals surface area contributed by atoms with Crippen molar-refractivity contribution in [2.45, 2.75) is 83.1 Å². The van der Waals surface area contributed by atoms with Gasteiger partial charge in [0.1, 0.15) is 18.3 Å². The second-order valence-electron chi connectivity index (χ2n) is 5.32. The molecule has 1 saturated heterocycles. The van der Waals surface area contributed by atoms with Gasteiger partial charge in [0.25, 0.3) is 0 Å². The first-order valence-corrected chi connectivity index (χ1v) is 7.39. The summed E-state index contributed by atoms with van der Waals surface area (Å²) in [5, 5.41) is 28.9. The molecule has 1 aliphatic rings. The Labute approximate surface area is 115 Å². The minimum absolute atomic E-state index is 0.503. The Morgan fingerprint density at radius 2 is 1.53 bits per heavy atom. The molecular weight excluding hydrogens is 248 g/mol. The largest absolute Gasteiger partial charge is 0.388 e. The molecule has 0 radical (unpaired) electrons. The molecule has 5 heteroatoms. The maximum absolute atomic E-state index is 9.74. The van der Waals surface area contributed by atoms with Crippen molar-refractivity contribution in [1.82, 2.24) is 0 Å². The van der Waals surface area contributed by atoms with E-state index in [-0.39, 0.29) is 0 Å². The quantitative estimate of drug-likeness (QED) is 0.580. The maximum Gasteiger partial charge on any atom is 0.186 e. The predicted molar refractivity (Wildman–Crippen MR) is 71.7 cm³/mol. The van der Waals surface area contributed by atoms with Crippen molar-refractivity contribution < 1.29 is 24.8 Å². The average molecular weight is 276 g/mol. The Morgan fingerprint density at radius 3 is 2.21 bits per heavy atom. The molecule has 5 nitrogen and oxygen atoms in total.